The molecule has 2 aromatic carbocycles. The molecule has 2 aromatic rings. The number of sulfonamides is 1. The van der Waals surface area contributed by atoms with Crippen LogP contribution in [0, 0.1) is 6.92 Å². The van der Waals surface area contributed by atoms with Crippen molar-refractivity contribution in [2.45, 2.75) is 39.3 Å². The molecule has 0 spiro atoms. The first kappa shape index (κ1) is 27.0. The van der Waals surface area contributed by atoms with Gasteiger partial charge in [-0.2, -0.15) is 0 Å². The minimum atomic E-state index is -3.53. The summed E-state index contributed by atoms with van der Waals surface area (Å²) in [5, 5.41) is 3.32. The highest BCUT2D eigenvalue weighted by Gasteiger charge is 2.26. The Labute approximate surface area is 205 Å². The number of likely N-dealkylation sites (N-methyl/N-ethyl adjacent to an activating group) is 1. The number of carbonyl (C=O) groups excluding carboxylic acids is 2. The van der Waals surface area contributed by atoms with Crippen LogP contribution in [0.3, 0.4) is 0 Å². The molecule has 33 heavy (non-hydrogen) atoms. The van der Waals surface area contributed by atoms with E-state index in [1.807, 2.05) is 13.0 Å². The van der Waals surface area contributed by atoms with Gasteiger partial charge in [0.1, 0.15) is 6.04 Å². The summed E-state index contributed by atoms with van der Waals surface area (Å²) in [6.07, 6.45) is 1.50. The summed E-state index contributed by atoms with van der Waals surface area (Å²) >= 11 is 12.1. The van der Waals surface area contributed by atoms with Crippen LogP contribution in [0.4, 0.5) is 5.69 Å². The van der Waals surface area contributed by atoms with Crippen molar-refractivity contribution in [1.29, 1.82) is 0 Å². The van der Waals surface area contributed by atoms with Crippen LogP contribution in [0.15, 0.2) is 42.5 Å². The van der Waals surface area contributed by atoms with Gasteiger partial charge in [0, 0.05) is 26.6 Å². The van der Waals surface area contributed by atoms with E-state index >= 15 is 0 Å². The molecular weight excluding hydrogens is 485 g/mol. The molecule has 7 nitrogen and oxygen atoms in total. The number of benzene rings is 2. The Kier molecular flexibility index (Phi) is 9.57. The predicted molar refractivity (Wildman–Crippen MR) is 133 cm³/mol. The van der Waals surface area contributed by atoms with Crippen molar-refractivity contribution in [3.63, 3.8) is 0 Å². The molecule has 0 unspecified atom stereocenters. The molecule has 0 aromatic heterocycles. The fourth-order valence-electron chi connectivity index (χ4n) is 3.41. The van der Waals surface area contributed by atoms with Gasteiger partial charge < -0.3 is 10.2 Å². The standard InChI is InChI=1S/C23H29Cl2N3O4S/c1-16-7-5-8-19(13-16)28(33(4,31)32)12-6-9-22(29)27(17(2)23(30)26-3)15-18-10-11-20(24)21(25)14-18/h5,7-8,10-11,13-14,17H,6,9,12,15H2,1-4H3,(H,26,30)/t17-/m0/s1. The molecule has 0 heterocycles. The van der Waals surface area contributed by atoms with Crippen molar-refractivity contribution in [3.8, 4) is 0 Å². The van der Waals surface area contributed by atoms with Gasteiger partial charge in [0.15, 0.2) is 0 Å². The van der Waals surface area contributed by atoms with Crippen molar-refractivity contribution in [1.82, 2.24) is 10.2 Å². The summed E-state index contributed by atoms with van der Waals surface area (Å²) < 4.78 is 26.0. The first-order chi connectivity index (χ1) is 15.4. The number of hydrogen-bond acceptors (Lipinski definition) is 4. The number of aryl methyl sites for hydroxylation is 1. The van der Waals surface area contributed by atoms with Gasteiger partial charge >= 0.3 is 0 Å². The van der Waals surface area contributed by atoms with Crippen molar-refractivity contribution in [3.05, 3.63) is 63.6 Å². The third-order valence-electron chi connectivity index (χ3n) is 5.19. The van der Waals surface area contributed by atoms with Gasteiger partial charge in [-0.3, -0.25) is 13.9 Å². The number of carbonyl (C=O) groups is 2. The molecule has 0 saturated carbocycles. The van der Waals surface area contributed by atoms with Gasteiger partial charge in [0.25, 0.3) is 0 Å². The minimum absolute atomic E-state index is 0.0699. The van der Waals surface area contributed by atoms with E-state index in [4.69, 9.17) is 23.2 Å². The summed E-state index contributed by atoms with van der Waals surface area (Å²) in [6, 6.07) is 11.5. The Morgan fingerprint density at radius 1 is 1.09 bits per heavy atom. The Balaban J connectivity index is 2.16. The first-order valence-electron chi connectivity index (χ1n) is 10.4. The van der Waals surface area contributed by atoms with Gasteiger partial charge in [0.05, 0.1) is 22.0 Å². The summed E-state index contributed by atoms with van der Waals surface area (Å²) in [5.41, 5.74) is 2.21. The van der Waals surface area contributed by atoms with Crippen LogP contribution >= 0.6 is 23.2 Å². The van der Waals surface area contributed by atoms with Gasteiger partial charge in [-0.1, -0.05) is 41.4 Å². The van der Waals surface area contributed by atoms with Crippen LogP contribution in [0.5, 0.6) is 0 Å². The van der Waals surface area contributed by atoms with Crippen LogP contribution in [0.1, 0.15) is 30.9 Å². The topological polar surface area (TPSA) is 86.8 Å². The van der Waals surface area contributed by atoms with Crippen molar-refractivity contribution in [2.24, 2.45) is 0 Å². The molecule has 0 fully saturated rings. The number of halogens is 2. The van der Waals surface area contributed by atoms with Gasteiger partial charge in [-0.25, -0.2) is 8.42 Å². The lowest BCUT2D eigenvalue weighted by Gasteiger charge is -2.29. The maximum absolute atomic E-state index is 13.1. The molecule has 0 aliphatic heterocycles. The number of nitrogens with one attached hydrogen (secondary N) is 1. The second-order valence-corrected chi connectivity index (χ2v) is 10.6. The smallest absolute Gasteiger partial charge is 0.242 e. The molecule has 0 aliphatic rings. The van der Waals surface area contributed by atoms with Gasteiger partial charge in [0.2, 0.25) is 21.8 Å². The highest BCUT2D eigenvalue weighted by atomic mass is 35.5. The van der Waals surface area contributed by atoms with Crippen LogP contribution in [-0.4, -0.2) is 51.0 Å². The maximum atomic E-state index is 13.1. The van der Waals surface area contributed by atoms with E-state index in [9.17, 15) is 18.0 Å². The van der Waals surface area contributed by atoms with Gasteiger partial charge in [-0.05, 0) is 55.7 Å². The van der Waals surface area contributed by atoms with E-state index in [1.165, 1.54) is 16.3 Å². The van der Waals surface area contributed by atoms with Gasteiger partial charge in [-0.15, -0.1) is 0 Å². The fraction of sp³-hybridized carbons (Fsp3) is 0.391. The van der Waals surface area contributed by atoms with E-state index in [0.29, 0.717) is 15.7 Å². The second-order valence-electron chi connectivity index (χ2n) is 7.84. The Hall–Kier alpha value is -2.29. The molecule has 1 N–H and O–H groups in total. The number of nitrogens with zero attached hydrogens (tertiary/aromatic N) is 2. The monoisotopic (exact) mass is 513 g/mol. The minimum Gasteiger partial charge on any atom is -0.357 e. The quantitative estimate of drug-likeness (QED) is 0.519. The second kappa shape index (κ2) is 11.7. The molecule has 2 rings (SSSR count). The molecule has 0 radical (unpaired) electrons. The average Bonchev–Trinajstić information content (AvgIpc) is 2.75. The fourth-order valence-corrected chi connectivity index (χ4v) is 4.69. The van der Waals surface area contributed by atoms with Crippen molar-refractivity contribution < 1.29 is 18.0 Å². The SMILES string of the molecule is CNC(=O)[C@H](C)N(Cc1ccc(Cl)c(Cl)c1)C(=O)CCCN(c1cccc(C)c1)S(C)(=O)=O. The normalized spacial score (nSPS) is 12.2. The Morgan fingerprint density at radius 2 is 1.79 bits per heavy atom. The van der Waals surface area contributed by atoms with E-state index in [0.717, 1.165) is 17.4 Å². The molecule has 2 amide bonds. The summed E-state index contributed by atoms with van der Waals surface area (Å²) in [5.74, 6) is -0.573. The average molecular weight is 514 g/mol. The lowest BCUT2D eigenvalue weighted by atomic mass is 10.1. The van der Waals surface area contributed by atoms with Crippen LogP contribution in [-0.2, 0) is 26.2 Å². The highest BCUT2D eigenvalue weighted by Crippen LogP contribution is 2.24. The maximum Gasteiger partial charge on any atom is 0.242 e. The van der Waals surface area contributed by atoms with E-state index in [1.54, 1.807) is 43.3 Å². The van der Waals surface area contributed by atoms with Crippen LogP contribution in [0.25, 0.3) is 0 Å². The zero-order valence-electron chi connectivity index (χ0n) is 19.1. The Bertz CT molecular complexity index is 1110. The summed E-state index contributed by atoms with van der Waals surface area (Å²) in [7, 11) is -2.02. The van der Waals surface area contributed by atoms with Crippen LogP contribution in [0.2, 0.25) is 10.0 Å². The van der Waals surface area contributed by atoms with Crippen molar-refractivity contribution in [2.75, 3.05) is 24.2 Å². The number of rotatable bonds is 10. The summed E-state index contributed by atoms with van der Waals surface area (Å²) in [6.45, 7) is 3.83. The Morgan fingerprint density at radius 3 is 2.36 bits per heavy atom. The summed E-state index contributed by atoms with van der Waals surface area (Å²) in [4.78, 5) is 26.8. The molecule has 0 aliphatic carbocycles. The van der Waals surface area contributed by atoms with E-state index < -0.39 is 16.1 Å². The molecule has 0 saturated heterocycles. The zero-order chi connectivity index (χ0) is 24.8. The molecule has 10 heteroatoms. The van der Waals surface area contributed by atoms with E-state index in [-0.39, 0.29) is 37.7 Å². The number of anilines is 1. The number of amides is 2. The predicted octanol–water partition coefficient (Wildman–Crippen LogP) is 4.01. The van der Waals surface area contributed by atoms with Crippen molar-refractivity contribution >= 4 is 50.7 Å². The molecule has 0 bridgehead atoms. The lowest BCUT2D eigenvalue weighted by Crippen LogP contribution is -2.46. The molecule has 1 atom stereocenters. The number of hydrogen-bond donors (Lipinski definition) is 1. The largest absolute Gasteiger partial charge is 0.357 e. The molecule has 180 valence electrons. The lowest BCUT2D eigenvalue weighted by molar-refractivity contribution is -0.140. The van der Waals surface area contributed by atoms with E-state index in [2.05, 4.69) is 5.32 Å². The molecular formula is C23H29Cl2N3O4S. The third-order valence-corrected chi connectivity index (χ3v) is 7.13. The first-order valence-corrected chi connectivity index (χ1v) is 13.0. The zero-order valence-corrected chi connectivity index (χ0v) is 21.5. The third kappa shape index (κ3) is 7.62. The van der Waals surface area contributed by atoms with Crippen LogP contribution < -0.4 is 9.62 Å². The highest BCUT2D eigenvalue weighted by molar-refractivity contribution is 7.92.